The fourth-order valence-electron chi connectivity index (χ4n) is 2.14. The molecule has 0 spiro atoms. The minimum Gasteiger partial charge on any atom is -0.368 e. The van der Waals surface area contributed by atoms with E-state index in [1.54, 1.807) is 18.7 Å². The van der Waals surface area contributed by atoms with E-state index in [1.807, 2.05) is 0 Å². The van der Waals surface area contributed by atoms with Crippen molar-refractivity contribution in [1.29, 1.82) is 0 Å². The number of benzene rings is 1. The third kappa shape index (κ3) is 3.06. The molecule has 1 aromatic rings. The van der Waals surface area contributed by atoms with Crippen molar-refractivity contribution in [1.82, 2.24) is 0 Å². The van der Waals surface area contributed by atoms with Gasteiger partial charge < -0.3 is 11.5 Å². The van der Waals surface area contributed by atoms with Gasteiger partial charge in [-0.05, 0) is 55.9 Å². The van der Waals surface area contributed by atoms with Crippen molar-refractivity contribution in [2.45, 2.75) is 43.0 Å². The molecule has 0 fully saturated rings. The number of hydrogen-bond donors (Lipinski definition) is 2. The van der Waals surface area contributed by atoms with Crippen LogP contribution in [-0.2, 0) is 17.6 Å². The number of carbonyl (C=O) groups excluding carboxylic acids is 1. The molecule has 18 heavy (non-hydrogen) atoms. The normalized spacial score (nSPS) is 17.2. The number of carbonyl (C=O) groups is 1. The van der Waals surface area contributed by atoms with Crippen molar-refractivity contribution >= 4 is 17.7 Å². The van der Waals surface area contributed by atoms with Crippen LogP contribution in [0.15, 0.2) is 23.1 Å². The molecule has 0 bridgehead atoms. The number of aryl methyl sites for hydroxylation is 2. The zero-order valence-corrected chi connectivity index (χ0v) is 11.6. The van der Waals surface area contributed by atoms with E-state index in [9.17, 15) is 4.79 Å². The van der Waals surface area contributed by atoms with Gasteiger partial charge in [0.15, 0.2) is 0 Å². The lowest BCUT2D eigenvalue weighted by atomic mass is 10.0. The highest BCUT2D eigenvalue weighted by Crippen LogP contribution is 2.28. The quantitative estimate of drug-likeness (QED) is 0.798. The van der Waals surface area contributed by atoms with Crippen LogP contribution in [0.3, 0.4) is 0 Å². The van der Waals surface area contributed by atoms with Gasteiger partial charge in [0.2, 0.25) is 5.91 Å². The Morgan fingerprint density at radius 2 is 2.11 bits per heavy atom. The van der Waals surface area contributed by atoms with E-state index in [0.717, 1.165) is 5.75 Å². The average molecular weight is 264 g/mol. The van der Waals surface area contributed by atoms with E-state index < -0.39 is 11.4 Å². The zero-order chi connectivity index (χ0) is 13.2. The van der Waals surface area contributed by atoms with Gasteiger partial charge in [0.1, 0.15) is 0 Å². The molecule has 1 atom stereocenters. The second kappa shape index (κ2) is 5.33. The molecule has 1 amide bonds. The number of amides is 1. The maximum absolute atomic E-state index is 11.1. The standard InChI is InChI=1S/C14H20N2OS/c1-14(16,13(15)17)7-8-18-12-6-5-10-3-2-4-11(10)9-12/h5-6,9H,2-4,7-8,16H2,1H3,(H2,15,17). The summed E-state index contributed by atoms with van der Waals surface area (Å²) in [5, 5.41) is 0. The summed E-state index contributed by atoms with van der Waals surface area (Å²) in [5.41, 5.74) is 13.1. The highest BCUT2D eigenvalue weighted by molar-refractivity contribution is 7.99. The van der Waals surface area contributed by atoms with Crippen LogP contribution in [0.4, 0.5) is 0 Å². The van der Waals surface area contributed by atoms with Crippen LogP contribution in [0.5, 0.6) is 0 Å². The molecule has 0 aliphatic heterocycles. The Morgan fingerprint density at radius 1 is 1.39 bits per heavy atom. The van der Waals surface area contributed by atoms with Crippen molar-refractivity contribution in [2.75, 3.05) is 5.75 Å². The van der Waals surface area contributed by atoms with E-state index in [4.69, 9.17) is 11.5 Å². The fourth-order valence-corrected chi connectivity index (χ4v) is 3.29. The monoisotopic (exact) mass is 264 g/mol. The van der Waals surface area contributed by atoms with Gasteiger partial charge >= 0.3 is 0 Å². The summed E-state index contributed by atoms with van der Waals surface area (Å²) >= 11 is 1.74. The van der Waals surface area contributed by atoms with Crippen LogP contribution in [0.2, 0.25) is 0 Å². The van der Waals surface area contributed by atoms with Crippen LogP contribution in [-0.4, -0.2) is 17.2 Å². The first-order chi connectivity index (χ1) is 8.49. The second-order valence-corrected chi connectivity index (χ2v) is 6.33. The van der Waals surface area contributed by atoms with E-state index in [1.165, 1.54) is 35.3 Å². The third-order valence-corrected chi connectivity index (χ3v) is 4.52. The maximum Gasteiger partial charge on any atom is 0.237 e. The molecule has 0 aromatic heterocycles. The number of thioether (sulfide) groups is 1. The first-order valence-electron chi connectivity index (χ1n) is 6.32. The van der Waals surface area contributed by atoms with Gasteiger partial charge in [-0.15, -0.1) is 11.8 Å². The number of fused-ring (bicyclic) bond motifs is 1. The molecule has 2 rings (SSSR count). The molecule has 1 aromatic carbocycles. The molecular weight excluding hydrogens is 244 g/mol. The Labute approximate surface area is 112 Å². The lowest BCUT2D eigenvalue weighted by molar-refractivity contribution is -0.122. The van der Waals surface area contributed by atoms with Crippen LogP contribution in [0.1, 0.15) is 30.9 Å². The van der Waals surface area contributed by atoms with Gasteiger partial charge in [-0.25, -0.2) is 0 Å². The molecular formula is C14H20N2OS. The zero-order valence-electron chi connectivity index (χ0n) is 10.7. The summed E-state index contributed by atoms with van der Waals surface area (Å²) in [4.78, 5) is 12.4. The predicted octanol–water partition coefficient (Wildman–Crippen LogP) is 1.86. The van der Waals surface area contributed by atoms with Gasteiger partial charge in [-0.1, -0.05) is 6.07 Å². The molecule has 0 radical (unpaired) electrons. The summed E-state index contributed by atoms with van der Waals surface area (Å²) < 4.78 is 0. The number of hydrogen-bond acceptors (Lipinski definition) is 3. The van der Waals surface area contributed by atoms with Gasteiger partial charge in [0, 0.05) is 10.6 Å². The second-order valence-electron chi connectivity index (χ2n) is 5.16. The van der Waals surface area contributed by atoms with Gasteiger partial charge in [-0.2, -0.15) is 0 Å². The molecule has 0 heterocycles. The van der Waals surface area contributed by atoms with Gasteiger partial charge in [0.05, 0.1) is 5.54 Å². The van der Waals surface area contributed by atoms with E-state index in [0.29, 0.717) is 6.42 Å². The van der Waals surface area contributed by atoms with Crippen LogP contribution >= 0.6 is 11.8 Å². The molecule has 1 unspecified atom stereocenters. The molecule has 0 saturated carbocycles. The highest BCUT2D eigenvalue weighted by Gasteiger charge is 2.24. The van der Waals surface area contributed by atoms with Gasteiger partial charge in [0.25, 0.3) is 0 Å². The summed E-state index contributed by atoms with van der Waals surface area (Å²) in [6, 6.07) is 6.65. The summed E-state index contributed by atoms with van der Waals surface area (Å²) in [5.74, 6) is 0.381. The first kappa shape index (κ1) is 13.4. The van der Waals surface area contributed by atoms with E-state index in [2.05, 4.69) is 18.2 Å². The third-order valence-electron chi connectivity index (χ3n) is 3.52. The molecule has 4 N–H and O–H groups in total. The van der Waals surface area contributed by atoms with Crippen molar-refractivity contribution in [3.63, 3.8) is 0 Å². The minimum absolute atomic E-state index is 0.433. The highest BCUT2D eigenvalue weighted by atomic mass is 32.2. The average Bonchev–Trinajstić information content (AvgIpc) is 2.75. The molecule has 3 nitrogen and oxygen atoms in total. The summed E-state index contributed by atoms with van der Waals surface area (Å²) in [7, 11) is 0. The van der Waals surface area contributed by atoms with Crippen LogP contribution < -0.4 is 11.5 Å². The maximum atomic E-state index is 11.1. The topological polar surface area (TPSA) is 69.1 Å². The van der Waals surface area contributed by atoms with Crippen molar-refractivity contribution in [3.8, 4) is 0 Å². The van der Waals surface area contributed by atoms with Crippen molar-refractivity contribution in [2.24, 2.45) is 11.5 Å². The minimum atomic E-state index is -0.899. The summed E-state index contributed by atoms with van der Waals surface area (Å²) in [6.07, 6.45) is 4.28. The SMILES string of the molecule is CC(N)(CCSc1ccc2c(c1)CCC2)C(N)=O. The smallest absolute Gasteiger partial charge is 0.237 e. The van der Waals surface area contributed by atoms with E-state index in [-0.39, 0.29) is 0 Å². The summed E-state index contributed by atoms with van der Waals surface area (Å²) in [6.45, 7) is 1.69. The lowest BCUT2D eigenvalue weighted by Gasteiger charge is -2.19. The Bertz CT molecular complexity index is 457. The lowest BCUT2D eigenvalue weighted by Crippen LogP contribution is -2.49. The fraction of sp³-hybridized carbons (Fsp3) is 0.500. The predicted molar refractivity (Wildman–Crippen MR) is 75.6 cm³/mol. The Balaban J connectivity index is 1.89. The number of primary amides is 1. The Hall–Kier alpha value is -1.00. The molecule has 1 aliphatic carbocycles. The van der Waals surface area contributed by atoms with Crippen LogP contribution in [0.25, 0.3) is 0 Å². The number of nitrogens with two attached hydrogens (primary N) is 2. The van der Waals surface area contributed by atoms with Crippen molar-refractivity contribution in [3.05, 3.63) is 29.3 Å². The van der Waals surface area contributed by atoms with Crippen LogP contribution in [0, 0.1) is 0 Å². The molecule has 0 saturated heterocycles. The van der Waals surface area contributed by atoms with Gasteiger partial charge in [-0.3, -0.25) is 4.79 Å². The molecule has 1 aliphatic rings. The Morgan fingerprint density at radius 3 is 2.83 bits per heavy atom. The molecule has 4 heteroatoms. The number of rotatable bonds is 5. The Kier molecular flexibility index (Phi) is 3.97. The first-order valence-corrected chi connectivity index (χ1v) is 7.31. The van der Waals surface area contributed by atoms with Crippen molar-refractivity contribution < 1.29 is 4.79 Å². The van der Waals surface area contributed by atoms with E-state index >= 15 is 0 Å². The molecule has 98 valence electrons. The largest absolute Gasteiger partial charge is 0.368 e.